The summed E-state index contributed by atoms with van der Waals surface area (Å²) in [6.45, 7) is 0. The lowest BCUT2D eigenvalue weighted by Gasteiger charge is -2.06. The van der Waals surface area contributed by atoms with Crippen LogP contribution in [-0.2, 0) is 5.88 Å². The van der Waals surface area contributed by atoms with Gasteiger partial charge in [-0.05, 0) is 17.7 Å². The summed E-state index contributed by atoms with van der Waals surface area (Å²) in [4.78, 5) is 11.3. The number of rotatable bonds is 2. The first-order chi connectivity index (χ1) is 6.61. The lowest BCUT2D eigenvalue weighted by atomic mass is 10.0. The van der Waals surface area contributed by atoms with Crippen LogP contribution in [0.4, 0.5) is 0 Å². The summed E-state index contributed by atoms with van der Waals surface area (Å²) in [6, 6.07) is 4.69. The lowest BCUT2D eigenvalue weighted by Crippen LogP contribution is -2.03. The molecule has 0 saturated carbocycles. The topological polar surface area (TPSA) is 61.1 Å². The van der Waals surface area contributed by atoms with Gasteiger partial charge in [0.05, 0.1) is 11.1 Å². The number of alkyl halides is 1. The van der Waals surface area contributed by atoms with Crippen molar-refractivity contribution in [3.8, 4) is 6.07 Å². The maximum atomic E-state index is 10.7. The molecule has 0 unspecified atom stereocenters. The van der Waals surface area contributed by atoms with Crippen LogP contribution in [0.25, 0.3) is 0 Å². The number of carboxylic acid groups (broad SMARTS) is 1. The van der Waals surface area contributed by atoms with Crippen molar-refractivity contribution in [3.63, 3.8) is 0 Å². The van der Waals surface area contributed by atoms with E-state index in [9.17, 15) is 4.79 Å². The molecular weight excluding hydrogens is 222 g/mol. The maximum absolute atomic E-state index is 10.7. The predicted molar refractivity (Wildman–Crippen MR) is 54.9 cm³/mol. The van der Waals surface area contributed by atoms with Crippen LogP contribution in [0, 0.1) is 11.3 Å². The summed E-state index contributed by atoms with van der Waals surface area (Å²) in [6.07, 6.45) is 0. The van der Waals surface area contributed by atoms with Crippen molar-refractivity contribution in [1.82, 2.24) is 0 Å². The molecule has 0 saturated heterocycles. The summed E-state index contributed by atoms with van der Waals surface area (Å²) in [7, 11) is 0. The highest BCUT2D eigenvalue weighted by atomic mass is 35.5. The minimum absolute atomic E-state index is 0.0408. The normalized spacial score (nSPS) is 9.50. The molecule has 1 rings (SSSR count). The molecule has 3 nitrogen and oxygen atoms in total. The molecule has 0 aliphatic rings. The smallest absolute Gasteiger partial charge is 0.337 e. The first-order valence-corrected chi connectivity index (χ1v) is 4.64. The van der Waals surface area contributed by atoms with Gasteiger partial charge in [-0.2, -0.15) is 5.26 Å². The van der Waals surface area contributed by atoms with Gasteiger partial charge in [-0.15, -0.1) is 24.2 Å². The highest BCUT2D eigenvalue weighted by Gasteiger charge is 2.15. The Balaban J connectivity index is 3.50. The summed E-state index contributed by atoms with van der Waals surface area (Å²) < 4.78 is 0. The van der Waals surface area contributed by atoms with E-state index in [0.29, 0.717) is 10.5 Å². The maximum Gasteiger partial charge on any atom is 0.337 e. The standard InChI is InChI=1S/C9H6ClNO2S/c10-3-6-7(4-11)5(9(12)13)1-2-8(6)14/h1-2,14H,3H2,(H,12,13). The number of nitrogens with zero attached hydrogens (tertiary/aromatic N) is 1. The van der Waals surface area contributed by atoms with Gasteiger partial charge in [0.2, 0.25) is 0 Å². The molecule has 0 amide bonds. The number of nitriles is 1. The van der Waals surface area contributed by atoms with E-state index < -0.39 is 5.97 Å². The van der Waals surface area contributed by atoms with Gasteiger partial charge >= 0.3 is 5.97 Å². The minimum Gasteiger partial charge on any atom is -0.478 e. The third-order valence-corrected chi connectivity index (χ3v) is 2.45. The molecule has 5 heteroatoms. The molecule has 0 atom stereocenters. The number of carbonyl (C=O) groups is 1. The summed E-state index contributed by atoms with van der Waals surface area (Å²) >= 11 is 9.69. The monoisotopic (exact) mass is 227 g/mol. The number of hydrogen-bond acceptors (Lipinski definition) is 3. The summed E-state index contributed by atoms with van der Waals surface area (Å²) in [5.41, 5.74) is 0.498. The quantitative estimate of drug-likeness (QED) is 0.602. The number of aromatic carboxylic acids is 1. The van der Waals surface area contributed by atoms with Crippen molar-refractivity contribution >= 4 is 30.2 Å². The fourth-order valence-corrected chi connectivity index (χ4v) is 1.71. The second kappa shape index (κ2) is 4.36. The zero-order valence-corrected chi connectivity index (χ0v) is 8.64. The van der Waals surface area contributed by atoms with Gasteiger partial charge in [0.15, 0.2) is 0 Å². The molecule has 0 aliphatic heterocycles. The molecule has 1 aromatic rings. The van der Waals surface area contributed by atoms with E-state index in [1.165, 1.54) is 12.1 Å². The SMILES string of the molecule is N#Cc1c(C(=O)O)ccc(S)c1CCl. The molecular formula is C9H6ClNO2S. The van der Waals surface area contributed by atoms with Gasteiger partial charge in [-0.25, -0.2) is 4.79 Å². The minimum atomic E-state index is -1.14. The van der Waals surface area contributed by atoms with E-state index in [0.717, 1.165) is 0 Å². The molecule has 0 spiro atoms. The third-order valence-electron chi connectivity index (χ3n) is 1.76. The van der Waals surface area contributed by atoms with Crippen LogP contribution in [0.1, 0.15) is 21.5 Å². The van der Waals surface area contributed by atoms with Crippen molar-refractivity contribution in [2.75, 3.05) is 0 Å². The highest BCUT2D eigenvalue weighted by Crippen LogP contribution is 2.23. The molecule has 0 radical (unpaired) electrons. The Bertz CT molecular complexity index is 426. The van der Waals surface area contributed by atoms with Crippen LogP contribution in [0.5, 0.6) is 0 Å². The van der Waals surface area contributed by atoms with E-state index in [4.69, 9.17) is 22.0 Å². The van der Waals surface area contributed by atoms with Crippen LogP contribution in [-0.4, -0.2) is 11.1 Å². The van der Waals surface area contributed by atoms with E-state index >= 15 is 0 Å². The van der Waals surface area contributed by atoms with Crippen LogP contribution in [0.15, 0.2) is 17.0 Å². The second-order valence-corrected chi connectivity index (χ2v) is 3.29. The number of hydrogen-bond donors (Lipinski definition) is 2. The van der Waals surface area contributed by atoms with Crippen molar-refractivity contribution in [2.45, 2.75) is 10.8 Å². The average Bonchev–Trinajstić information content (AvgIpc) is 2.16. The van der Waals surface area contributed by atoms with E-state index in [2.05, 4.69) is 12.6 Å². The molecule has 1 N–H and O–H groups in total. The van der Waals surface area contributed by atoms with Crippen LogP contribution in [0.3, 0.4) is 0 Å². The second-order valence-electron chi connectivity index (χ2n) is 2.54. The van der Waals surface area contributed by atoms with Crippen molar-refractivity contribution < 1.29 is 9.90 Å². The number of halogens is 1. The first-order valence-electron chi connectivity index (χ1n) is 3.66. The molecule has 72 valence electrons. The van der Waals surface area contributed by atoms with Crippen molar-refractivity contribution in [3.05, 3.63) is 28.8 Å². The molecule has 0 fully saturated rings. The van der Waals surface area contributed by atoms with Crippen molar-refractivity contribution in [1.29, 1.82) is 5.26 Å². The Kier molecular flexibility index (Phi) is 3.39. The Hall–Kier alpha value is -1.18. The van der Waals surface area contributed by atoms with Crippen LogP contribution in [0.2, 0.25) is 0 Å². The van der Waals surface area contributed by atoms with E-state index in [1.807, 2.05) is 6.07 Å². The molecule has 14 heavy (non-hydrogen) atoms. The lowest BCUT2D eigenvalue weighted by molar-refractivity contribution is 0.0696. The molecule has 0 bridgehead atoms. The largest absolute Gasteiger partial charge is 0.478 e. The van der Waals surface area contributed by atoms with Gasteiger partial charge < -0.3 is 5.11 Å². The zero-order valence-electron chi connectivity index (χ0n) is 6.99. The van der Waals surface area contributed by atoms with Gasteiger partial charge in [-0.3, -0.25) is 0 Å². The Morgan fingerprint density at radius 2 is 2.29 bits per heavy atom. The van der Waals surface area contributed by atoms with Gasteiger partial charge in [0.25, 0.3) is 0 Å². The van der Waals surface area contributed by atoms with Crippen molar-refractivity contribution in [2.24, 2.45) is 0 Å². The fraction of sp³-hybridized carbons (Fsp3) is 0.111. The van der Waals surface area contributed by atoms with Crippen LogP contribution < -0.4 is 0 Å². The molecule has 0 aromatic heterocycles. The third kappa shape index (κ3) is 1.84. The Morgan fingerprint density at radius 3 is 2.71 bits per heavy atom. The zero-order chi connectivity index (χ0) is 10.7. The summed E-state index contributed by atoms with van der Waals surface area (Å²) in [5, 5.41) is 17.6. The van der Waals surface area contributed by atoms with E-state index in [1.54, 1.807) is 0 Å². The predicted octanol–water partition coefficient (Wildman–Crippen LogP) is 2.28. The number of benzene rings is 1. The summed E-state index contributed by atoms with van der Waals surface area (Å²) in [5.74, 6) is -1.07. The van der Waals surface area contributed by atoms with Gasteiger partial charge in [0, 0.05) is 10.8 Å². The molecule has 0 aliphatic carbocycles. The molecule has 0 heterocycles. The fourth-order valence-electron chi connectivity index (χ4n) is 1.08. The number of carboxylic acids is 1. The van der Waals surface area contributed by atoms with Gasteiger partial charge in [-0.1, -0.05) is 0 Å². The molecule has 1 aromatic carbocycles. The first kappa shape index (κ1) is 10.9. The average molecular weight is 228 g/mol. The Morgan fingerprint density at radius 1 is 1.64 bits per heavy atom. The van der Waals surface area contributed by atoms with Crippen LogP contribution >= 0.6 is 24.2 Å². The number of thiol groups is 1. The highest BCUT2D eigenvalue weighted by molar-refractivity contribution is 7.80. The Labute approximate surface area is 91.3 Å². The van der Waals surface area contributed by atoms with E-state index in [-0.39, 0.29) is 17.0 Å². The van der Waals surface area contributed by atoms with Gasteiger partial charge in [0.1, 0.15) is 6.07 Å².